The van der Waals surface area contributed by atoms with E-state index in [9.17, 15) is 4.39 Å². The van der Waals surface area contributed by atoms with Gasteiger partial charge in [-0.25, -0.2) is 4.39 Å². The molecule has 0 aliphatic heterocycles. The van der Waals surface area contributed by atoms with Gasteiger partial charge in [0, 0.05) is 10.9 Å². The lowest BCUT2D eigenvalue weighted by Gasteiger charge is -2.09. The summed E-state index contributed by atoms with van der Waals surface area (Å²) in [5, 5.41) is 0.299. The molecule has 1 aromatic rings. The van der Waals surface area contributed by atoms with Gasteiger partial charge in [0.15, 0.2) is 0 Å². The Kier molecular flexibility index (Phi) is 3.53. The number of halogens is 2. The van der Waals surface area contributed by atoms with Gasteiger partial charge in [-0.1, -0.05) is 34.1 Å². The van der Waals surface area contributed by atoms with Crippen molar-refractivity contribution in [3.8, 4) is 5.75 Å². The van der Waals surface area contributed by atoms with Crippen LogP contribution in [-0.2, 0) is 0 Å². The van der Waals surface area contributed by atoms with E-state index in [4.69, 9.17) is 4.74 Å². The lowest BCUT2D eigenvalue weighted by molar-refractivity contribution is 0.352. The molecular weight excluding hydrogens is 223 g/mol. The molecule has 12 heavy (non-hydrogen) atoms. The number of hydrogen-bond donors (Lipinski definition) is 0. The Morgan fingerprint density at radius 3 is 2.75 bits per heavy atom. The normalized spacial score (nSPS) is 12.6. The molecule has 0 amide bonds. The van der Waals surface area contributed by atoms with Crippen LogP contribution in [-0.4, -0.2) is 12.4 Å². The summed E-state index contributed by atoms with van der Waals surface area (Å²) in [6.07, 6.45) is -0.999. The average molecular weight is 233 g/mol. The third-order valence-electron chi connectivity index (χ3n) is 1.61. The van der Waals surface area contributed by atoms with Crippen LogP contribution in [0.5, 0.6) is 5.75 Å². The third kappa shape index (κ3) is 1.97. The van der Waals surface area contributed by atoms with Crippen LogP contribution in [0.3, 0.4) is 0 Å². The Bertz CT molecular complexity index is 252. The SMILES string of the molecule is COc1ccccc1C(F)CBr. The van der Waals surface area contributed by atoms with Gasteiger partial charge in [-0.05, 0) is 6.07 Å². The van der Waals surface area contributed by atoms with Crippen LogP contribution in [0.25, 0.3) is 0 Å². The second-order valence-corrected chi connectivity index (χ2v) is 3.01. The van der Waals surface area contributed by atoms with E-state index in [0.717, 1.165) is 0 Å². The van der Waals surface area contributed by atoms with E-state index in [2.05, 4.69) is 15.9 Å². The Morgan fingerprint density at radius 2 is 2.17 bits per heavy atom. The molecule has 0 saturated heterocycles. The fraction of sp³-hybridized carbons (Fsp3) is 0.333. The highest BCUT2D eigenvalue weighted by Crippen LogP contribution is 2.28. The summed E-state index contributed by atoms with van der Waals surface area (Å²) >= 11 is 3.08. The zero-order chi connectivity index (χ0) is 8.97. The summed E-state index contributed by atoms with van der Waals surface area (Å²) in [5.74, 6) is 0.601. The lowest BCUT2D eigenvalue weighted by Crippen LogP contribution is -1.96. The van der Waals surface area contributed by atoms with Crippen LogP contribution >= 0.6 is 15.9 Å². The summed E-state index contributed by atoms with van der Waals surface area (Å²) in [6, 6.07) is 7.10. The first-order valence-corrected chi connectivity index (χ1v) is 4.74. The van der Waals surface area contributed by atoms with Gasteiger partial charge in [0.05, 0.1) is 7.11 Å². The van der Waals surface area contributed by atoms with Gasteiger partial charge in [-0.15, -0.1) is 0 Å². The predicted octanol–water partition coefficient (Wildman–Crippen LogP) is 3.10. The van der Waals surface area contributed by atoms with Gasteiger partial charge in [0.25, 0.3) is 0 Å². The Morgan fingerprint density at radius 1 is 1.50 bits per heavy atom. The molecule has 0 aromatic heterocycles. The maximum absolute atomic E-state index is 13.2. The molecule has 66 valence electrons. The molecule has 1 unspecified atom stereocenters. The van der Waals surface area contributed by atoms with E-state index in [0.29, 0.717) is 16.6 Å². The van der Waals surface area contributed by atoms with E-state index >= 15 is 0 Å². The minimum atomic E-state index is -0.999. The molecule has 0 aliphatic carbocycles. The van der Waals surface area contributed by atoms with Crippen molar-refractivity contribution in [2.24, 2.45) is 0 Å². The first kappa shape index (κ1) is 9.52. The number of methoxy groups -OCH3 is 1. The first-order valence-electron chi connectivity index (χ1n) is 3.62. The maximum atomic E-state index is 13.2. The molecule has 0 radical (unpaired) electrons. The molecule has 1 rings (SSSR count). The average Bonchev–Trinajstić information content (AvgIpc) is 2.16. The minimum absolute atomic E-state index is 0.299. The van der Waals surface area contributed by atoms with Gasteiger partial charge in [-0.3, -0.25) is 0 Å². The second kappa shape index (κ2) is 4.45. The van der Waals surface area contributed by atoms with E-state index in [1.807, 2.05) is 6.07 Å². The number of benzene rings is 1. The second-order valence-electron chi connectivity index (χ2n) is 2.36. The van der Waals surface area contributed by atoms with E-state index < -0.39 is 6.17 Å². The molecule has 1 aromatic carbocycles. The quantitative estimate of drug-likeness (QED) is 0.729. The van der Waals surface area contributed by atoms with Gasteiger partial charge < -0.3 is 4.74 Å². The van der Waals surface area contributed by atoms with Gasteiger partial charge >= 0.3 is 0 Å². The van der Waals surface area contributed by atoms with Gasteiger partial charge in [0.2, 0.25) is 0 Å². The van der Waals surface area contributed by atoms with Gasteiger partial charge in [-0.2, -0.15) is 0 Å². The summed E-state index contributed by atoms with van der Waals surface area (Å²) in [4.78, 5) is 0. The highest BCUT2D eigenvalue weighted by molar-refractivity contribution is 9.09. The Balaban J connectivity index is 2.96. The standard InChI is InChI=1S/C9H10BrFO/c1-12-9-5-3-2-4-7(9)8(11)6-10/h2-5,8H,6H2,1H3. The molecule has 0 heterocycles. The van der Waals surface area contributed by atoms with Crippen molar-refractivity contribution >= 4 is 15.9 Å². The van der Waals surface area contributed by atoms with Crippen LogP contribution in [0, 0.1) is 0 Å². The van der Waals surface area contributed by atoms with Crippen molar-refractivity contribution in [1.29, 1.82) is 0 Å². The zero-order valence-corrected chi connectivity index (χ0v) is 8.34. The zero-order valence-electron chi connectivity index (χ0n) is 6.76. The number of hydrogen-bond acceptors (Lipinski definition) is 1. The van der Waals surface area contributed by atoms with Gasteiger partial charge in [0.1, 0.15) is 11.9 Å². The van der Waals surface area contributed by atoms with Crippen molar-refractivity contribution in [3.05, 3.63) is 29.8 Å². The fourth-order valence-corrected chi connectivity index (χ4v) is 1.36. The summed E-state index contributed by atoms with van der Waals surface area (Å²) in [5.41, 5.74) is 0.594. The molecule has 0 spiro atoms. The number of ether oxygens (including phenoxy) is 1. The minimum Gasteiger partial charge on any atom is -0.496 e. The molecule has 0 aliphatic rings. The van der Waals surface area contributed by atoms with Crippen molar-refractivity contribution in [2.75, 3.05) is 12.4 Å². The largest absolute Gasteiger partial charge is 0.496 e. The smallest absolute Gasteiger partial charge is 0.138 e. The fourth-order valence-electron chi connectivity index (χ4n) is 1.01. The monoisotopic (exact) mass is 232 g/mol. The van der Waals surface area contributed by atoms with Crippen molar-refractivity contribution < 1.29 is 9.13 Å². The van der Waals surface area contributed by atoms with Crippen LogP contribution in [0.4, 0.5) is 4.39 Å². The predicted molar refractivity (Wildman–Crippen MR) is 50.6 cm³/mol. The van der Waals surface area contributed by atoms with Crippen molar-refractivity contribution in [3.63, 3.8) is 0 Å². The molecule has 0 bridgehead atoms. The molecule has 0 fully saturated rings. The van der Waals surface area contributed by atoms with Crippen LogP contribution in [0.1, 0.15) is 11.7 Å². The molecule has 0 N–H and O–H groups in total. The highest BCUT2D eigenvalue weighted by Gasteiger charge is 2.12. The molecule has 3 heteroatoms. The highest BCUT2D eigenvalue weighted by atomic mass is 79.9. The van der Waals surface area contributed by atoms with E-state index in [-0.39, 0.29) is 0 Å². The molecular formula is C9H10BrFO. The molecule has 1 nitrogen and oxygen atoms in total. The molecule has 0 saturated carbocycles. The third-order valence-corrected chi connectivity index (χ3v) is 2.18. The summed E-state index contributed by atoms with van der Waals surface area (Å²) < 4.78 is 18.2. The Hall–Kier alpha value is -0.570. The molecule has 1 atom stereocenters. The van der Waals surface area contributed by atoms with Crippen LogP contribution in [0.2, 0.25) is 0 Å². The lowest BCUT2D eigenvalue weighted by atomic mass is 10.1. The van der Waals surface area contributed by atoms with Crippen LogP contribution in [0.15, 0.2) is 24.3 Å². The Labute approximate surface area is 79.7 Å². The van der Waals surface area contributed by atoms with Crippen molar-refractivity contribution in [1.82, 2.24) is 0 Å². The first-order chi connectivity index (χ1) is 5.79. The summed E-state index contributed by atoms with van der Waals surface area (Å²) in [7, 11) is 1.54. The van der Waals surface area contributed by atoms with E-state index in [1.54, 1.807) is 25.3 Å². The van der Waals surface area contributed by atoms with Crippen LogP contribution < -0.4 is 4.74 Å². The van der Waals surface area contributed by atoms with Crippen molar-refractivity contribution in [2.45, 2.75) is 6.17 Å². The summed E-state index contributed by atoms with van der Waals surface area (Å²) in [6.45, 7) is 0. The number of rotatable bonds is 3. The topological polar surface area (TPSA) is 9.23 Å². The number of para-hydroxylation sites is 1. The maximum Gasteiger partial charge on any atom is 0.138 e. The van der Waals surface area contributed by atoms with E-state index in [1.165, 1.54) is 0 Å². The number of alkyl halides is 2.